The summed E-state index contributed by atoms with van der Waals surface area (Å²) < 4.78 is 4.97. The number of rotatable bonds is 4. The van der Waals surface area contributed by atoms with Crippen molar-refractivity contribution in [2.75, 3.05) is 0 Å². The molecular weight excluding hydrogens is 204 g/mol. The van der Waals surface area contributed by atoms with Crippen LogP contribution in [-0.2, 0) is 0 Å². The largest absolute Gasteiger partial charge is 0.461 e. The van der Waals surface area contributed by atoms with E-state index < -0.39 is 6.10 Å². The molecule has 0 fully saturated rings. The maximum absolute atomic E-state index is 11.6. The van der Waals surface area contributed by atoms with Crippen LogP contribution in [0, 0.1) is 0 Å². The molecule has 0 aliphatic rings. The average molecular weight is 216 g/mol. The molecule has 0 saturated carbocycles. The van der Waals surface area contributed by atoms with E-state index in [0.29, 0.717) is 0 Å². The van der Waals surface area contributed by atoms with Crippen LogP contribution in [0.1, 0.15) is 28.6 Å². The number of carbonyl (C=O) groups is 1. The number of carbonyl (C=O) groups excluding carboxylic acids is 1. The number of hydrogen-bond donors (Lipinski definition) is 1. The van der Waals surface area contributed by atoms with Crippen molar-refractivity contribution in [2.45, 2.75) is 12.5 Å². The van der Waals surface area contributed by atoms with Crippen LogP contribution in [0.15, 0.2) is 53.1 Å². The molecule has 2 aromatic rings. The molecule has 0 radical (unpaired) electrons. The summed E-state index contributed by atoms with van der Waals surface area (Å²) in [7, 11) is 0. The molecule has 0 spiro atoms. The summed E-state index contributed by atoms with van der Waals surface area (Å²) in [6.07, 6.45) is 0.707. The third-order valence-electron chi connectivity index (χ3n) is 2.36. The first-order valence-corrected chi connectivity index (χ1v) is 5.07. The number of hydrogen-bond acceptors (Lipinski definition) is 3. The highest BCUT2D eigenvalue weighted by Gasteiger charge is 2.15. The van der Waals surface area contributed by atoms with Crippen molar-refractivity contribution < 1.29 is 14.3 Å². The van der Waals surface area contributed by atoms with Gasteiger partial charge in [-0.2, -0.15) is 0 Å². The minimum Gasteiger partial charge on any atom is -0.461 e. The van der Waals surface area contributed by atoms with Crippen LogP contribution in [0.4, 0.5) is 0 Å². The van der Waals surface area contributed by atoms with Crippen LogP contribution in [-0.4, -0.2) is 10.9 Å². The van der Waals surface area contributed by atoms with Gasteiger partial charge in [0.05, 0.1) is 12.4 Å². The topological polar surface area (TPSA) is 50.4 Å². The third-order valence-corrected chi connectivity index (χ3v) is 2.36. The molecule has 82 valence electrons. The summed E-state index contributed by atoms with van der Waals surface area (Å²) in [5, 5.41) is 9.83. The quantitative estimate of drug-likeness (QED) is 0.799. The zero-order chi connectivity index (χ0) is 11.4. The van der Waals surface area contributed by atoms with Crippen molar-refractivity contribution in [1.82, 2.24) is 0 Å². The molecule has 2 rings (SSSR count). The van der Waals surface area contributed by atoms with Crippen LogP contribution in [0.25, 0.3) is 0 Å². The molecule has 0 bridgehead atoms. The highest BCUT2D eigenvalue weighted by atomic mass is 16.3. The third kappa shape index (κ3) is 2.38. The molecule has 3 nitrogen and oxygen atoms in total. The summed E-state index contributed by atoms with van der Waals surface area (Å²) in [4.78, 5) is 11.6. The van der Waals surface area contributed by atoms with Gasteiger partial charge in [0.25, 0.3) is 0 Å². The number of aliphatic hydroxyl groups excluding tert-OH is 1. The van der Waals surface area contributed by atoms with Crippen molar-refractivity contribution in [3.8, 4) is 0 Å². The van der Waals surface area contributed by atoms with Crippen LogP contribution < -0.4 is 0 Å². The Bertz CT molecular complexity index is 445. The van der Waals surface area contributed by atoms with E-state index in [2.05, 4.69) is 0 Å². The van der Waals surface area contributed by atoms with Gasteiger partial charge in [-0.05, 0) is 17.7 Å². The first-order chi connectivity index (χ1) is 7.77. The lowest BCUT2D eigenvalue weighted by molar-refractivity contribution is 0.0853. The molecule has 0 saturated heterocycles. The van der Waals surface area contributed by atoms with Crippen molar-refractivity contribution in [3.05, 3.63) is 60.1 Å². The Morgan fingerprint density at radius 2 is 1.94 bits per heavy atom. The van der Waals surface area contributed by atoms with Crippen LogP contribution >= 0.6 is 0 Å². The molecule has 3 heteroatoms. The minimum atomic E-state index is -0.779. The highest BCUT2D eigenvalue weighted by molar-refractivity contribution is 5.93. The van der Waals surface area contributed by atoms with Gasteiger partial charge >= 0.3 is 0 Å². The Kier molecular flexibility index (Phi) is 3.17. The maximum Gasteiger partial charge on any atom is 0.200 e. The molecule has 1 heterocycles. The van der Waals surface area contributed by atoms with E-state index >= 15 is 0 Å². The lowest BCUT2D eigenvalue weighted by atomic mass is 10.0. The van der Waals surface area contributed by atoms with Gasteiger partial charge in [0.15, 0.2) is 5.76 Å². The first kappa shape index (κ1) is 10.6. The number of ketones is 1. The summed E-state index contributed by atoms with van der Waals surface area (Å²) >= 11 is 0. The zero-order valence-electron chi connectivity index (χ0n) is 8.67. The van der Waals surface area contributed by atoms with Crippen molar-refractivity contribution in [2.24, 2.45) is 0 Å². The van der Waals surface area contributed by atoms with E-state index in [0.717, 1.165) is 5.56 Å². The second kappa shape index (κ2) is 4.77. The van der Waals surface area contributed by atoms with E-state index in [1.54, 1.807) is 24.3 Å². The number of Topliss-reactive ketones (excluding diaryl/α,β-unsaturated/α-hetero) is 1. The Hall–Kier alpha value is -1.87. The average Bonchev–Trinajstić information content (AvgIpc) is 2.83. The van der Waals surface area contributed by atoms with Crippen LogP contribution in [0.2, 0.25) is 0 Å². The maximum atomic E-state index is 11.6. The molecule has 16 heavy (non-hydrogen) atoms. The highest BCUT2D eigenvalue weighted by Crippen LogP contribution is 2.18. The molecule has 1 aromatic heterocycles. The lowest BCUT2D eigenvalue weighted by Gasteiger charge is -2.08. The molecule has 0 aliphatic carbocycles. The first-order valence-electron chi connectivity index (χ1n) is 5.07. The fourth-order valence-corrected chi connectivity index (χ4v) is 1.51. The number of aliphatic hydroxyl groups is 1. The Morgan fingerprint density at radius 3 is 2.56 bits per heavy atom. The Balaban J connectivity index is 2.03. The van der Waals surface area contributed by atoms with Crippen molar-refractivity contribution in [1.29, 1.82) is 0 Å². The predicted octanol–water partition coefficient (Wildman–Crippen LogP) is 2.59. The standard InChI is InChI=1S/C13H12O3/c14-11(10-5-2-1-3-6-10)9-12(15)13-7-4-8-16-13/h1-8,11,14H,9H2. The molecule has 1 unspecified atom stereocenters. The van der Waals surface area contributed by atoms with Gasteiger partial charge < -0.3 is 9.52 Å². The van der Waals surface area contributed by atoms with E-state index in [4.69, 9.17) is 4.42 Å². The Labute approximate surface area is 93.3 Å². The smallest absolute Gasteiger partial charge is 0.200 e. The summed E-state index contributed by atoms with van der Waals surface area (Å²) in [6.45, 7) is 0. The summed E-state index contributed by atoms with van der Waals surface area (Å²) in [5.41, 5.74) is 0.738. The van der Waals surface area contributed by atoms with E-state index in [1.807, 2.05) is 18.2 Å². The normalized spacial score (nSPS) is 12.3. The predicted molar refractivity (Wildman–Crippen MR) is 59.1 cm³/mol. The van der Waals surface area contributed by atoms with Crippen LogP contribution in [0.3, 0.4) is 0 Å². The molecule has 1 N–H and O–H groups in total. The monoisotopic (exact) mass is 216 g/mol. The van der Waals surface area contributed by atoms with Crippen molar-refractivity contribution in [3.63, 3.8) is 0 Å². The fourth-order valence-electron chi connectivity index (χ4n) is 1.51. The summed E-state index contributed by atoms with van der Waals surface area (Å²) in [6, 6.07) is 12.4. The van der Waals surface area contributed by atoms with Gasteiger partial charge in [-0.15, -0.1) is 0 Å². The molecule has 1 aromatic carbocycles. The molecule has 1 atom stereocenters. The van der Waals surface area contributed by atoms with Gasteiger partial charge in [-0.25, -0.2) is 0 Å². The number of benzene rings is 1. The van der Waals surface area contributed by atoms with Gasteiger partial charge in [-0.3, -0.25) is 4.79 Å². The van der Waals surface area contributed by atoms with Gasteiger partial charge in [0, 0.05) is 6.42 Å². The van der Waals surface area contributed by atoms with Gasteiger partial charge in [0.2, 0.25) is 5.78 Å². The van der Waals surface area contributed by atoms with E-state index in [9.17, 15) is 9.90 Å². The van der Waals surface area contributed by atoms with E-state index in [1.165, 1.54) is 6.26 Å². The number of furan rings is 1. The molecule has 0 amide bonds. The minimum absolute atomic E-state index is 0.0392. The van der Waals surface area contributed by atoms with E-state index in [-0.39, 0.29) is 18.0 Å². The Morgan fingerprint density at radius 1 is 1.19 bits per heavy atom. The SMILES string of the molecule is O=C(CC(O)c1ccccc1)c1ccco1. The fraction of sp³-hybridized carbons (Fsp3) is 0.154. The second-order valence-electron chi connectivity index (χ2n) is 3.53. The van der Waals surface area contributed by atoms with Gasteiger partial charge in [-0.1, -0.05) is 30.3 Å². The lowest BCUT2D eigenvalue weighted by Crippen LogP contribution is -2.06. The molecule has 0 aliphatic heterocycles. The van der Waals surface area contributed by atoms with Gasteiger partial charge in [0.1, 0.15) is 0 Å². The van der Waals surface area contributed by atoms with Crippen LogP contribution in [0.5, 0.6) is 0 Å². The van der Waals surface area contributed by atoms with Crippen molar-refractivity contribution >= 4 is 5.78 Å². The second-order valence-corrected chi connectivity index (χ2v) is 3.53. The summed E-state index contributed by atoms with van der Waals surface area (Å²) in [5.74, 6) is 0.0938. The zero-order valence-corrected chi connectivity index (χ0v) is 8.67. The molecular formula is C13H12O3.